The molecule has 4 heteroatoms. The predicted octanol–water partition coefficient (Wildman–Crippen LogP) is 3.64. The Balaban J connectivity index is 4.73. The standard InChI is InChI=1S/C15H28O4/c1-7-8-9-10-11(2)19-13(18)15(6,12(16)17)14(3,4)5/h11H,7-10H2,1-6H3,(H,16,17). The summed E-state index contributed by atoms with van der Waals surface area (Å²) in [4.78, 5) is 23.6. The second-order valence-electron chi connectivity index (χ2n) is 6.39. The van der Waals surface area contributed by atoms with E-state index in [1.807, 2.05) is 6.92 Å². The van der Waals surface area contributed by atoms with Gasteiger partial charge in [0, 0.05) is 0 Å². The Hall–Kier alpha value is -1.06. The molecule has 0 spiro atoms. The number of hydrogen-bond acceptors (Lipinski definition) is 3. The van der Waals surface area contributed by atoms with Crippen molar-refractivity contribution in [3.63, 3.8) is 0 Å². The molecule has 2 unspecified atom stereocenters. The number of rotatable bonds is 7. The SMILES string of the molecule is CCCCCC(C)OC(=O)C(C)(C(=O)O)C(C)(C)C. The fourth-order valence-corrected chi connectivity index (χ4v) is 1.76. The Labute approximate surface area is 116 Å². The van der Waals surface area contributed by atoms with Crippen molar-refractivity contribution < 1.29 is 19.4 Å². The van der Waals surface area contributed by atoms with E-state index in [2.05, 4.69) is 6.92 Å². The van der Waals surface area contributed by atoms with Gasteiger partial charge in [0.25, 0.3) is 0 Å². The van der Waals surface area contributed by atoms with Crippen LogP contribution in [0.25, 0.3) is 0 Å². The van der Waals surface area contributed by atoms with Crippen LogP contribution in [-0.2, 0) is 14.3 Å². The molecular formula is C15H28O4. The van der Waals surface area contributed by atoms with Crippen molar-refractivity contribution in [3.05, 3.63) is 0 Å². The van der Waals surface area contributed by atoms with Crippen molar-refractivity contribution in [2.24, 2.45) is 10.8 Å². The summed E-state index contributed by atoms with van der Waals surface area (Å²) in [5, 5.41) is 9.36. The highest BCUT2D eigenvalue weighted by Crippen LogP contribution is 2.40. The first-order valence-electron chi connectivity index (χ1n) is 7.01. The zero-order chi connectivity index (χ0) is 15.3. The van der Waals surface area contributed by atoms with Gasteiger partial charge in [-0.25, -0.2) is 0 Å². The monoisotopic (exact) mass is 272 g/mol. The summed E-state index contributed by atoms with van der Waals surface area (Å²) < 4.78 is 5.33. The van der Waals surface area contributed by atoms with Crippen LogP contribution in [-0.4, -0.2) is 23.1 Å². The third kappa shape index (κ3) is 4.51. The molecule has 0 aromatic carbocycles. The first-order valence-corrected chi connectivity index (χ1v) is 7.01. The fourth-order valence-electron chi connectivity index (χ4n) is 1.76. The molecule has 0 saturated heterocycles. The smallest absolute Gasteiger partial charge is 0.324 e. The third-order valence-electron chi connectivity index (χ3n) is 3.86. The van der Waals surface area contributed by atoms with Gasteiger partial charge in [0.1, 0.15) is 0 Å². The zero-order valence-electron chi connectivity index (χ0n) is 13.1. The van der Waals surface area contributed by atoms with E-state index in [9.17, 15) is 14.7 Å². The maximum atomic E-state index is 12.2. The number of hydrogen-bond donors (Lipinski definition) is 1. The zero-order valence-corrected chi connectivity index (χ0v) is 13.1. The molecule has 0 radical (unpaired) electrons. The van der Waals surface area contributed by atoms with Crippen molar-refractivity contribution in [2.75, 3.05) is 0 Å². The van der Waals surface area contributed by atoms with Crippen LogP contribution in [0.15, 0.2) is 0 Å². The van der Waals surface area contributed by atoms with Crippen molar-refractivity contribution >= 4 is 11.9 Å². The molecule has 0 aliphatic heterocycles. The van der Waals surface area contributed by atoms with Crippen LogP contribution in [0.2, 0.25) is 0 Å². The number of carboxylic acids is 1. The summed E-state index contributed by atoms with van der Waals surface area (Å²) in [5.74, 6) is -1.78. The van der Waals surface area contributed by atoms with E-state index >= 15 is 0 Å². The van der Waals surface area contributed by atoms with Crippen LogP contribution in [0.4, 0.5) is 0 Å². The average molecular weight is 272 g/mol. The highest BCUT2D eigenvalue weighted by Gasteiger charge is 2.52. The van der Waals surface area contributed by atoms with E-state index in [4.69, 9.17) is 4.74 Å². The minimum Gasteiger partial charge on any atom is -0.480 e. The average Bonchev–Trinajstić information content (AvgIpc) is 2.26. The van der Waals surface area contributed by atoms with Crippen molar-refractivity contribution in [3.8, 4) is 0 Å². The number of unbranched alkanes of at least 4 members (excludes halogenated alkanes) is 2. The van der Waals surface area contributed by atoms with Gasteiger partial charge in [-0.3, -0.25) is 9.59 Å². The van der Waals surface area contributed by atoms with E-state index in [0.29, 0.717) is 0 Å². The lowest BCUT2D eigenvalue weighted by molar-refractivity contribution is -0.179. The molecule has 0 saturated carbocycles. The van der Waals surface area contributed by atoms with Gasteiger partial charge in [-0.2, -0.15) is 0 Å². The molecule has 0 aliphatic carbocycles. The molecule has 2 atom stereocenters. The number of ether oxygens (including phenoxy) is 1. The fraction of sp³-hybridized carbons (Fsp3) is 0.867. The van der Waals surface area contributed by atoms with Crippen LogP contribution >= 0.6 is 0 Å². The summed E-state index contributed by atoms with van der Waals surface area (Å²) >= 11 is 0. The number of aliphatic carboxylic acids is 1. The summed E-state index contributed by atoms with van der Waals surface area (Å²) in [6.07, 6.45) is 3.73. The van der Waals surface area contributed by atoms with Gasteiger partial charge < -0.3 is 9.84 Å². The topological polar surface area (TPSA) is 63.6 Å². The van der Waals surface area contributed by atoms with Gasteiger partial charge in [-0.05, 0) is 32.1 Å². The van der Waals surface area contributed by atoms with Gasteiger partial charge in [-0.15, -0.1) is 0 Å². The van der Waals surface area contributed by atoms with E-state index in [0.717, 1.165) is 25.7 Å². The van der Waals surface area contributed by atoms with Crippen molar-refractivity contribution in [1.82, 2.24) is 0 Å². The quantitative estimate of drug-likeness (QED) is 0.436. The van der Waals surface area contributed by atoms with Gasteiger partial charge in [0.05, 0.1) is 6.10 Å². The molecule has 0 aromatic rings. The van der Waals surface area contributed by atoms with E-state index in [1.165, 1.54) is 6.92 Å². The van der Waals surface area contributed by atoms with E-state index in [-0.39, 0.29) is 6.10 Å². The Morgan fingerprint density at radius 3 is 2.05 bits per heavy atom. The number of esters is 1. The lowest BCUT2D eigenvalue weighted by Crippen LogP contribution is -2.48. The lowest BCUT2D eigenvalue weighted by atomic mass is 9.68. The molecule has 1 N–H and O–H groups in total. The summed E-state index contributed by atoms with van der Waals surface area (Å²) in [5.41, 5.74) is -2.22. The molecular weight excluding hydrogens is 244 g/mol. The molecule has 0 aliphatic rings. The summed E-state index contributed by atoms with van der Waals surface area (Å²) in [6, 6.07) is 0. The Bertz CT molecular complexity index is 317. The Morgan fingerprint density at radius 2 is 1.68 bits per heavy atom. The molecule has 4 nitrogen and oxygen atoms in total. The third-order valence-corrected chi connectivity index (χ3v) is 3.86. The predicted molar refractivity (Wildman–Crippen MR) is 74.9 cm³/mol. The largest absolute Gasteiger partial charge is 0.480 e. The number of carbonyl (C=O) groups is 2. The molecule has 0 aromatic heterocycles. The maximum absolute atomic E-state index is 12.2. The normalized spacial score (nSPS) is 16.5. The second kappa shape index (κ2) is 6.92. The van der Waals surface area contributed by atoms with E-state index in [1.54, 1.807) is 20.8 Å². The van der Waals surface area contributed by atoms with Crippen LogP contribution in [0, 0.1) is 10.8 Å². The van der Waals surface area contributed by atoms with Crippen LogP contribution < -0.4 is 0 Å². The Kier molecular flexibility index (Phi) is 6.53. The minimum atomic E-state index is -1.52. The maximum Gasteiger partial charge on any atom is 0.324 e. The first kappa shape index (κ1) is 17.9. The van der Waals surface area contributed by atoms with Crippen LogP contribution in [0.3, 0.4) is 0 Å². The van der Waals surface area contributed by atoms with Crippen molar-refractivity contribution in [1.29, 1.82) is 0 Å². The highest BCUT2D eigenvalue weighted by molar-refractivity contribution is 5.99. The molecule has 0 fully saturated rings. The minimum absolute atomic E-state index is 0.236. The van der Waals surface area contributed by atoms with Crippen LogP contribution in [0.5, 0.6) is 0 Å². The lowest BCUT2D eigenvalue weighted by Gasteiger charge is -2.36. The van der Waals surface area contributed by atoms with Gasteiger partial charge in [-0.1, -0.05) is 40.5 Å². The van der Waals surface area contributed by atoms with E-state index < -0.39 is 22.8 Å². The molecule has 0 heterocycles. The second-order valence-corrected chi connectivity index (χ2v) is 6.39. The van der Waals surface area contributed by atoms with Gasteiger partial charge in [0.2, 0.25) is 0 Å². The van der Waals surface area contributed by atoms with Crippen molar-refractivity contribution in [2.45, 2.75) is 73.3 Å². The number of carboxylic acid groups (broad SMARTS) is 1. The summed E-state index contributed by atoms with van der Waals surface area (Å²) in [6.45, 7) is 10.6. The molecule has 0 rings (SSSR count). The van der Waals surface area contributed by atoms with Gasteiger partial charge in [0.15, 0.2) is 5.41 Å². The molecule has 112 valence electrons. The van der Waals surface area contributed by atoms with Crippen LogP contribution in [0.1, 0.15) is 67.2 Å². The first-order chi connectivity index (χ1) is 8.57. The number of carbonyl (C=O) groups excluding carboxylic acids is 1. The molecule has 19 heavy (non-hydrogen) atoms. The summed E-state index contributed by atoms with van der Waals surface area (Å²) in [7, 11) is 0. The van der Waals surface area contributed by atoms with Gasteiger partial charge >= 0.3 is 11.9 Å². The Morgan fingerprint density at radius 1 is 1.16 bits per heavy atom. The molecule has 0 bridgehead atoms. The molecule has 0 amide bonds. The highest BCUT2D eigenvalue weighted by atomic mass is 16.5.